The second-order valence-electron chi connectivity index (χ2n) is 3.68. The number of rotatable bonds is 5. The largest absolute Gasteiger partial charge is 0.355 e. The molecule has 6 nitrogen and oxygen atoms in total. The molecule has 8 heteroatoms. The first-order chi connectivity index (χ1) is 8.81. The summed E-state index contributed by atoms with van der Waals surface area (Å²) in [5.41, 5.74) is 1.06. The molecule has 2 N–H and O–H groups in total. The predicted octanol–water partition coefficient (Wildman–Crippen LogP) is 1.53. The van der Waals surface area contributed by atoms with Crippen molar-refractivity contribution in [2.24, 2.45) is 0 Å². The van der Waals surface area contributed by atoms with Crippen molar-refractivity contribution in [2.75, 3.05) is 20.1 Å². The number of pyridine rings is 1. The molecule has 20 heavy (non-hydrogen) atoms. The lowest BCUT2D eigenvalue weighted by Crippen LogP contribution is -2.30. The van der Waals surface area contributed by atoms with Crippen LogP contribution in [0.5, 0.6) is 0 Å². The van der Waals surface area contributed by atoms with Gasteiger partial charge in [-0.15, -0.1) is 24.8 Å². The van der Waals surface area contributed by atoms with Crippen LogP contribution < -0.4 is 10.6 Å². The second-order valence-corrected chi connectivity index (χ2v) is 3.68. The van der Waals surface area contributed by atoms with Crippen LogP contribution in [0, 0.1) is 0 Å². The number of halogens is 2. The molecule has 0 saturated heterocycles. The summed E-state index contributed by atoms with van der Waals surface area (Å²) in [6.45, 7) is 1.25. The standard InChI is InChI=1S/C12H14N4O2.2ClH/c1-13-5-6-15-12(17)10-7-11(18-16-10)9-3-2-4-14-8-9;;/h2-4,7-8,13H,5-6H2,1H3,(H,15,17);2*1H. The Labute approximate surface area is 129 Å². The summed E-state index contributed by atoms with van der Waals surface area (Å²) < 4.78 is 5.11. The summed E-state index contributed by atoms with van der Waals surface area (Å²) in [5.74, 6) is 0.283. The van der Waals surface area contributed by atoms with Gasteiger partial charge >= 0.3 is 0 Å². The first-order valence-electron chi connectivity index (χ1n) is 5.61. The van der Waals surface area contributed by atoms with Gasteiger partial charge in [-0.3, -0.25) is 9.78 Å². The first-order valence-corrected chi connectivity index (χ1v) is 5.61. The molecule has 0 radical (unpaired) electrons. The highest BCUT2D eigenvalue weighted by Crippen LogP contribution is 2.18. The lowest BCUT2D eigenvalue weighted by atomic mass is 10.2. The third-order valence-electron chi connectivity index (χ3n) is 2.35. The average Bonchev–Trinajstić information content (AvgIpc) is 2.89. The Hall–Kier alpha value is -1.63. The van der Waals surface area contributed by atoms with E-state index < -0.39 is 0 Å². The van der Waals surface area contributed by atoms with Crippen molar-refractivity contribution < 1.29 is 9.32 Å². The Morgan fingerprint density at radius 1 is 1.35 bits per heavy atom. The molecule has 0 aliphatic heterocycles. The summed E-state index contributed by atoms with van der Waals surface area (Å²) in [6.07, 6.45) is 3.33. The van der Waals surface area contributed by atoms with Crippen molar-refractivity contribution in [2.45, 2.75) is 0 Å². The van der Waals surface area contributed by atoms with Crippen LogP contribution in [-0.2, 0) is 0 Å². The number of hydrogen-bond donors (Lipinski definition) is 2. The van der Waals surface area contributed by atoms with Crippen molar-refractivity contribution in [1.29, 1.82) is 0 Å². The molecule has 2 heterocycles. The van der Waals surface area contributed by atoms with E-state index in [0.717, 1.165) is 5.56 Å². The Balaban J connectivity index is 0.00000180. The zero-order chi connectivity index (χ0) is 12.8. The van der Waals surface area contributed by atoms with E-state index in [4.69, 9.17) is 4.52 Å². The lowest BCUT2D eigenvalue weighted by molar-refractivity contribution is 0.0945. The van der Waals surface area contributed by atoms with Crippen LogP contribution in [0.1, 0.15) is 10.5 Å². The van der Waals surface area contributed by atoms with Gasteiger partial charge in [-0.2, -0.15) is 0 Å². The van der Waals surface area contributed by atoms with Crippen LogP contribution in [-0.4, -0.2) is 36.2 Å². The fourth-order valence-corrected chi connectivity index (χ4v) is 1.42. The van der Waals surface area contributed by atoms with Crippen molar-refractivity contribution in [3.05, 3.63) is 36.3 Å². The highest BCUT2D eigenvalue weighted by Gasteiger charge is 2.12. The zero-order valence-corrected chi connectivity index (χ0v) is 12.5. The van der Waals surface area contributed by atoms with Gasteiger partial charge in [-0.25, -0.2) is 0 Å². The van der Waals surface area contributed by atoms with E-state index in [9.17, 15) is 4.79 Å². The summed E-state index contributed by atoms with van der Waals surface area (Å²) in [4.78, 5) is 15.7. The topological polar surface area (TPSA) is 80.0 Å². The van der Waals surface area contributed by atoms with Gasteiger partial charge in [0.2, 0.25) is 0 Å². The van der Waals surface area contributed by atoms with Crippen LogP contribution in [0.3, 0.4) is 0 Å². The van der Waals surface area contributed by atoms with Crippen molar-refractivity contribution >= 4 is 30.7 Å². The molecule has 0 saturated carbocycles. The van der Waals surface area contributed by atoms with Crippen molar-refractivity contribution in [3.63, 3.8) is 0 Å². The number of carbonyl (C=O) groups is 1. The SMILES string of the molecule is CNCCNC(=O)c1cc(-c2cccnc2)on1.Cl.Cl. The number of nitrogens with one attached hydrogen (secondary N) is 2. The summed E-state index contributed by atoms with van der Waals surface area (Å²) in [6, 6.07) is 5.24. The van der Waals surface area contributed by atoms with Gasteiger partial charge in [0.05, 0.1) is 0 Å². The number of likely N-dealkylation sites (N-methyl/N-ethyl adjacent to an activating group) is 1. The average molecular weight is 319 g/mol. The number of nitrogens with zero attached hydrogens (tertiary/aromatic N) is 2. The van der Waals surface area contributed by atoms with Gasteiger partial charge in [0.25, 0.3) is 5.91 Å². The minimum Gasteiger partial charge on any atom is -0.355 e. The Morgan fingerprint density at radius 3 is 2.80 bits per heavy atom. The van der Waals surface area contributed by atoms with Crippen LogP contribution in [0.25, 0.3) is 11.3 Å². The van der Waals surface area contributed by atoms with Gasteiger partial charge in [0.15, 0.2) is 11.5 Å². The van der Waals surface area contributed by atoms with Gasteiger partial charge in [-0.05, 0) is 19.2 Å². The Morgan fingerprint density at radius 2 is 2.15 bits per heavy atom. The number of aromatic nitrogens is 2. The van der Waals surface area contributed by atoms with Crippen LogP contribution >= 0.6 is 24.8 Å². The van der Waals surface area contributed by atoms with Gasteiger partial charge < -0.3 is 15.2 Å². The van der Waals surface area contributed by atoms with E-state index in [2.05, 4.69) is 20.8 Å². The fraction of sp³-hybridized carbons (Fsp3) is 0.250. The molecule has 0 fully saturated rings. The van der Waals surface area contributed by atoms with Crippen molar-refractivity contribution in [1.82, 2.24) is 20.8 Å². The third-order valence-corrected chi connectivity index (χ3v) is 2.35. The molecule has 0 aromatic carbocycles. The highest BCUT2D eigenvalue weighted by atomic mass is 35.5. The van der Waals surface area contributed by atoms with E-state index in [-0.39, 0.29) is 36.4 Å². The molecule has 2 rings (SSSR count). The van der Waals surface area contributed by atoms with E-state index in [0.29, 0.717) is 18.8 Å². The summed E-state index contributed by atoms with van der Waals surface area (Å²) in [7, 11) is 1.82. The van der Waals surface area contributed by atoms with E-state index in [1.807, 2.05) is 13.1 Å². The number of amides is 1. The van der Waals surface area contributed by atoms with E-state index in [1.165, 1.54) is 0 Å². The molecular weight excluding hydrogens is 303 g/mol. The summed E-state index contributed by atoms with van der Waals surface area (Å²) >= 11 is 0. The fourth-order valence-electron chi connectivity index (χ4n) is 1.42. The number of carbonyl (C=O) groups excluding carboxylic acids is 1. The molecule has 1 amide bonds. The quantitative estimate of drug-likeness (QED) is 0.817. The number of hydrogen-bond acceptors (Lipinski definition) is 5. The predicted molar refractivity (Wildman–Crippen MR) is 80.5 cm³/mol. The molecule has 0 atom stereocenters. The van der Waals surface area contributed by atoms with E-state index >= 15 is 0 Å². The van der Waals surface area contributed by atoms with E-state index in [1.54, 1.807) is 24.5 Å². The molecule has 0 aliphatic rings. The third kappa shape index (κ3) is 4.80. The molecule has 0 aliphatic carbocycles. The summed E-state index contributed by atoms with van der Waals surface area (Å²) in [5, 5.41) is 9.40. The van der Waals surface area contributed by atoms with Gasteiger partial charge in [-0.1, -0.05) is 5.16 Å². The Kier molecular flexibility index (Phi) is 8.54. The van der Waals surface area contributed by atoms with Crippen LogP contribution in [0.2, 0.25) is 0 Å². The normalized spacial score (nSPS) is 9.25. The maximum atomic E-state index is 11.7. The second kappa shape index (κ2) is 9.30. The minimum absolute atomic E-state index is 0. The molecule has 2 aromatic rings. The smallest absolute Gasteiger partial charge is 0.273 e. The molecule has 0 bridgehead atoms. The first kappa shape index (κ1) is 18.4. The van der Waals surface area contributed by atoms with Gasteiger partial charge in [0, 0.05) is 37.1 Å². The molecule has 0 spiro atoms. The van der Waals surface area contributed by atoms with Crippen LogP contribution in [0.15, 0.2) is 35.1 Å². The molecular formula is C12H16Cl2N4O2. The van der Waals surface area contributed by atoms with Crippen molar-refractivity contribution in [3.8, 4) is 11.3 Å². The highest BCUT2D eigenvalue weighted by molar-refractivity contribution is 5.93. The minimum atomic E-state index is -0.246. The van der Waals surface area contributed by atoms with Crippen LogP contribution in [0.4, 0.5) is 0 Å². The molecule has 0 unspecified atom stereocenters. The zero-order valence-electron chi connectivity index (χ0n) is 10.8. The van der Waals surface area contributed by atoms with Gasteiger partial charge in [0.1, 0.15) is 0 Å². The lowest BCUT2D eigenvalue weighted by Gasteiger charge is -2.00. The molecule has 2 aromatic heterocycles. The maximum Gasteiger partial charge on any atom is 0.273 e. The maximum absolute atomic E-state index is 11.7. The monoisotopic (exact) mass is 318 g/mol. The Bertz CT molecular complexity index is 519. The molecule has 110 valence electrons.